The highest BCUT2D eigenvalue weighted by atomic mass is 35.6. The van der Waals surface area contributed by atoms with E-state index in [0.29, 0.717) is 30.7 Å². The molecular weight excluding hydrogens is 491 g/mol. The van der Waals surface area contributed by atoms with Crippen molar-refractivity contribution in [1.29, 1.82) is 0 Å². The number of amides is 1. The number of nitrogens with zero attached hydrogens (tertiary/aromatic N) is 2. The Bertz CT molecular complexity index is 1060. The molecule has 1 saturated heterocycles. The Morgan fingerprint density at radius 3 is 2.53 bits per heavy atom. The summed E-state index contributed by atoms with van der Waals surface area (Å²) in [7, 11) is 0. The van der Waals surface area contributed by atoms with E-state index >= 15 is 0 Å². The van der Waals surface area contributed by atoms with Crippen molar-refractivity contribution < 1.29 is 4.79 Å². The number of thiocarbonyl (C=S) groups is 1. The molecule has 2 bridgehead atoms. The largest absolute Gasteiger partial charge is 0.348 e. The van der Waals surface area contributed by atoms with E-state index in [1.54, 1.807) is 12.1 Å². The maximum Gasteiger partial charge on any atom is 0.250 e. The smallest absolute Gasteiger partial charge is 0.250 e. The van der Waals surface area contributed by atoms with Gasteiger partial charge in [0.2, 0.25) is 9.70 Å². The summed E-state index contributed by atoms with van der Waals surface area (Å²) in [6, 6.07) is 14.7. The van der Waals surface area contributed by atoms with E-state index in [9.17, 15) is 9.59 Å². The van der Waals surface area contributed by atoms with Crippen LogP contribution in [0.2, 0.25) is 0 Å². The second-order valence-electron chi connectivity index (χ2n) is 8.26. The lowest BCUT2D eigenvalue weighted by atomic mass is 9.83. The molecule has 32 heavy (non-hydrogen) atoms. The number of likely N-dealkylation sites (tertiary alicyclic amines) is 1. The Morgan fingerprint density at radius 1 is 1.06 bits per heavy atom. The van der Waals surface area contributed by atoms with Gasteiger partial charge in [-0.1, -0.05) is 71.2 Å². The van der Waals surface area contributed by atoms with Gasteiger partial charge in [0.15, 0.2) is 5.11 Å². The minimum Gasteiger partial charge on any atom is -0.348 e. The van der Waals surface area contributed by atoms with Crippen LogP contribution in [0, 0.1) is 5.92 Å². The van der Waals surface area contributed by atoms with E-state index in [1.165, 1.54) is 0 Å². The fourth-order valence-electron chi connectivity index (χ4n) is 4.47. The van der Waals surface area contributed by atoms with Crippen LogP contribution in [0.4, 0.5) is 0 Å². The second-order valence-corrected chi connectivity index (χ2v) is 11.0. The molecular formula is C22H23Cl3N4O2S. The first-order chi connectivity index (χ1) is 15.2. The third-order valence-corrected chi connectivity index (χ3v) is 6.91. The molecule has 10 heteroatoms. The number of carbonyl (C=O) groups is 1. The molecule has 2 aromatic rings. The van der Waals surface area contributed by atoms with Crippen molar-refractivity contribution in [1.82, 2.24) is 20.1 Å². The van der Waals surface area contributed by atoms with Gasteiger partial charge in [0.1, 0.15) is 6.17 Å². The zero-order valence-corrected chi connectivity index (χ0v) is 20.2. The molecule has 3 atom stereocenters. The monoisotopic (exact) mass is 512 g/mol. The van der Waals surface area contributed by atoms with Gasteiger partial charge in [-0.3, -0.25) is 9.59 Å². The van der Waals surface area contributed by atoms with Crippen LogP contribution in [0.1, 0.15) is 23.6 Å². The third-order valence-electron chi connectivity index (χ3n) is 5.87. The van der Waals surface area contributed by atoms with Crippen molar-refractivity contribution >= 4 is 58.0 Å². The number of rotatable bonds is 4. The minimum absolute atomic E-state index is 0.0312. The number of piperidine rings is 1. The number of hydrogen-bond acceptors (Lipinski definition) is 3. The van der Waals surface area contributed by atoms with Crippen LogP contribution in [0.5, 0.6) is 0 Å². The summed E-state index contributed by atoms with van der Waals surface area (Å²) in [4.78, 5) is 26.8. The number of fused-ring (bicyclic) bond motifs is 4. The quantitative estimate of drug-likeness (QED) is 0.373. The highest BCUT2D eigenvalue weighted by Crippen LogP contribution is 2.35. The Balaban J connectivity index is 1.43. The second kappa shape index (κ2) is 9.59. The molecule has 0 radical (unpaired) electrons. The van der Waals surface area contributed by atoms with Gasteiger partial charge in [0.05, 0.1) is 6.42 Å². The molecule has 0 spiro atoms. The van der Waals surface area contributed by atoms with Crippen molar-refractivity contribution in [3.8, 4) is 0 Å². The van der Waals surface area contributed by atoms with Gasteiger partial charge in [-0.2, -0.15) is 0 Å². The number of alkyl halides is 3. The highest BCUT2D eigenvalue weighted by Gasteiger charge is 2.38. The molecule has 2 aliphatic heterocycles. The molecule has 1 fully saturated rings. The summed E-state index contributed by atoms with van der Waals surface area (Å²) in [5.41, 5.74) is 1.91. The van der Waals surface area contributed by atoms with E-state index in [2.05, 4.69) is 10.6 Å². The van der Waals surface area contributed by atoms with Crippen LogP contribution >= 0.6 is 47.0 Å². The van der Waals surface area contributed by atoms with Gasteiger partial charge in [-0.05, 0) is 36.2 Å². The van der Waals surface area contributed by atoms with Gasteiger partial charge in [0.25, 0.3) is 5.56 Å². The van der Waals surface area contributed by atoms with Gasteiger partial charge in [-0.15, -0.1) is 0 Å². The number of hydrogen-bond donors (Lipinski definition) is 2. The maximum atomic E-state index is 12.5. The van der Waals surface area contributed by atoms with E-state index in [0.717, 1.165) is 17.7 Å². The molecule has 0 saturated carbocycles. The number of carbonyl (C=O) groups excluding carboxylic acids is 1. The summed E-state index contributed by atoms with van der Waals surface area (Å²) in [5, 5.41) is 6.18. The van der Waals surface area contributed by atoms with Gasteiger partial charge in [0, 0.05) is 37.3 Å². The number of aromatic nitrogens is 1. The molecule has 2 aliphatic rings. The number of pyridine rings is 1. The topological polar surface area (TPSA) is 66.4 Å². The third kappa shape index (κ3) is 5.39. The first-order valence-corrected chi connectivity index (χ1v) is 11.9. The van der Waals surface area contributed by atoms with Gasteiger partial charge < -0.3 is 20.1 Å². The minimum atomic E-state index is -1.80. The molecule has 1 unspecified atom stereocenters. The Morgan fingerprint density at radius 2 is 1.81 bits per heavy atom. The van der Waals surface area contributed by atoms with Crippen LogP contribution in [0.3, 0.4) is 0 Å². The zero-order valence-electron chi connectivity index (χ0n) is 17.1. The summed E-state index contributed by atoms with van der Waals surface area (Å²) < 4.78 is 0.0581. The van der Waals surface area contributed by atoms with Crippen molar-refractivity contribution in [2.75, 3.05) is 13.1 Å². The number of benzene rings is 1. The first kappa shape index (κ1) is 23.4. The summed E-state index contributed by atoms with van der Waals surface area (Å²) >= 11 is 24.1. The Hall–Kier alpha value is -1.80. The van der Waals surface area contributed by atoms with Crippen molar-refractivity contribution in [3.63, 3.8) is 0 Å². The Labute approximate surface area is 206 Å². The molecule has 2 N–H and O–H groups in total. The predicted molar refractivity (Wildman–Crippen MR) is 131 cm³/mol. The molecule has 4 rings (SSSR count). The van der Waals surface area contributed by atoms with Gasteiger partial charge in [-0.25, -0.2) is 0 Å². The van der Waals surface area contributed by atoms with Crippen LogP contribution in [0.15, 0.2) is 53.3 Å². The molecule has 1 aromatic heterocycles. The lowest BCUT2D eigenvalue weighted by molar-refractivity contribution is -0.121. The molecule has 3 heterocycles. The maximum absolute atomic E-state index is 12.5. The average Bonchev–Trinajstić information content (AvgIpc) is 2.74. The number of nitrogens with one attached hydrogen (secondary N) is 2. The van der Waals surface area contributed by atoms with Crippen LogP contribution in [-0.4, -0.2) is 43.5 Å². The lowest BCUT2D eigenvalue weighted by Crippen LogP contribution is -2.60. The standard InChI is InChI=1S/C22H23Cl3N4O2S/c23-22(24,25)20(26-18(30)10-14-5-2-1-3-6-14)27-21(32)28-11-15-9-16(13-28)17-7-4-8-19(31)29(17)12-15/h1-8,15-16,20H,9-13H2,(H,26,30)(H,27,32)/t15-,16+,20?/m1/s1. The van der Waals surface area contributed by atoms with E-state index in [4.69, 9.17) is 47.0 Å². The highest BCUT2D eigenvalue weighted by molar-refractivity contribution is 7.80. The summed E-state index contributed by atoms with van der Waals surface area (Å²) in [6.45, 7) is 2.00. The molecule has 1 aromatic carbocycles. The number of halogens is 3. The summed E-state index contributed by atoms with van der Waals surface area (Å²) in [6.07, 6.45) is 0.170. The molecule has 170 valence electrons. The zero-order chi connectivity index (χ0) is 22.9. The van der Waals surface area contributed by atoms with Crippen molar-refractivity contribution in [2.45, 2.75) is 35.3 Å². The fraction of sp³-hybridized carbons (Fsp3) is 0.409. The Kier molecular flexibility index (Phi) is 7.00. The lowest BCUT2D eigenvalue weighted by Gasteiger charge is -2.44. The van der Waals surface area contributed by atoms with Crippen molar-refractivity contribution in [2.24, 2.45) is 5.92 Å². The average molecular weight is 514 g/mol. The first-order valence-electron chi connectivity index (χ1n) is 10.4. The van der Waals surface area contributed by atoms with Gasteiger partial charge >= 0.3 is 0 Å². The van der Waals surface area contributed by atoms with Crippen LogP contribution < -0.4 is 16.2 Å². The molecule has 6 nitrogen and oxygen atoms in total. The van der Waals surface area contributed by atoms with E-state index in [1.807, 2.05) is 45.9 Å². The molecule has 0 aliphatic carbocycles. The fourth-order valence-corrected chi connectivity index (χ4v) is 5.06. The van der Waals surface area contributed by atoms with Crippen LogP contribution in [0.25, 0.3) is 0 Å². The summed E-state index contributed by atoms with van der Waals surface area (Å²) in [5.74, 6) is 0.196. The van der Waals surface area contributed by atoms with E-state index < -0.39 is 9.96 Å². The molecule has 1 amide bonds. The van der Waals surface area contributed by atoms with E-state index in [-0.39, 0.29) is 23.8 Å². The van der Waals surface area contributed by atoms with Crippen molar-refractivity contribution in [3.05, 3.63) is 70.1 Å². The normalized spacial score (nSPS) is 20.8. The SMILES string of the molecule is O=C(Cc1ccccc1)NC(NC(=S)N1C[C@H]2C[C@@H](C1)c1cccc(=O)n1C2)C(Cl)(Cl)Cl. The van der Waals surface area contributed by atoms with Crippen LogP contribution in [-0.2, 0) is 17.8 Å². The predicted octanol–water partition coefficient (Wildman–Crippen LogP) is 3.20.